The van der Waals surface area contributed by atoms with E-state index in [9.17, 15) is 5.11 Å². The van der Waals surface area contributed by atoms with E-state index in [0.717, 1.165) is 19.3 Å². The average Bonchev–Trinajstić information content (AvgIpc) is 2.13. The maximum atomic E-state index is 9.75. The second-order valence-electron chi connectivity index (χ2n) is 6.71. The van der Waals surface area contributed by atoms with Gasteiger partial charge >= 0.3 is 7.12 Å². The highest BCUT2D eigenvalue weighted by molar-refractivity contribution is 6.51. The quantitative estimate of drug-likeness (QED) is 0.670. The topological polar surface area (TPSA) is 38.7 Å². The van der Waals surface area contributed by atoms with Gasteiger partial charge in [-0.3, -0.25) is 0 Å². The summed E-state index contributed by atoms with van der Waals surface area (Å²) in [6.45, 7) is 8.31. The molecule has 1 N–H and O–H groups in total. The highest BCUT2D eigenvalue weighted by Crippen LogP contribution is 2.75. The lowest BCUT2D eigenvalue weighted by Gasteiger charge is -2.67. The van der Waals surface area contributed by atoms with Gasteiger partial charge in [0.2, 0.25) is 0 Å². The summed E-state index contributed by atoms with van der Waals surface area (Å²) in [4.78, 5) is 0. The molecule has 15 heavy (non-hydrogen) atoms. The van der Waals surface area contributed by atoms with Crippen molar-refractivity contribution in [3.63, 3.8) is 0 Å². The average molecular weight is 210 g/mol. The van der Waals surface area contributed by atoms with Crippen LogP contribution >= 0.6 is 0 Å². The molecule has 0 unspecified atom stereocenters. The molecule has 3 aliphatic carbocycles. The summed E-state index contributed by atoms with van der Waals surface area (Å²) in [5.74, 6) is 0. The van der Waals surface area contributed by atoms with Crippen LogP contribution in [0.25, 0.3) is 0 Å². The first kappa shape index (κ1) is 10.1. The molecule has 0 aromatic carbocycles. The molecule has 3 saturated carbocycles. The van der Waals surface area contributed by atoms with Gasteiger partial charge in [0.15, 0.2) is 0 Å². The van der Waals surface area contributed by atoms with Crippen LogP contribution in [0, 0.1) is 0 Å². The standard InChI is InChI=1S/C11H19BO3/c1-8(2)9(3,4)15-12(14-8)10-5-11(13,6-10)7-10/h13H,5-7H2,1-4H3. The van der Waals surface area contributed by atoms with E-state index in [2.05, 4.69) is 27.7 Å². The molecule has 4 rings (SSSR count). The normalized spacial score (nSPS) is 49.8. The molecule has 2 bridgehead atoms. The fourth-order valence-corrected chi connectivity index (χ4v) is 3.15. The van der Waals surface area contributed by atoms with Gasteiger partial charge in [0.25, 0.3) is 0 Å². The smallest absolute Gasteiger partial charge is 0.403 e. The molecule has 4 heteroatoms. The van der Waals surface area contributed by atoms with Crippen LogP contribution in [0.2, 0.25) is 5.31 Å². The first-order valence-electron chi connectivity index (χ1n) is 5.76. The van der Waals surface area contributed by atoms with Crippen molar-refractivity contribution in [2.24, 2.45) is 0 Å². The van der Waals surface area contributed by atoms with E-state index in [1.165, 1.54) is 0 Å². The van der Waals surface area contributed by atoms with Crippen molar-refractivity contribution in [2.45, 2.75) is 69.1 Å². The van der Waals surface area contributed by atoms with Crippen LogP contribution in [-0.2, 0) is 9.31 Å². The predicted molar refractivity (Wildman–Crippen MR) is 57.6 cm³/mol. The molecule has 0 aromatic rings. The summed E-state index contributed by atoms with van der Waals surface area (Å²) in [6.07, 6.45) is 2.57. The van der Waals surface area contributed by atoms with Gasteiger partial charge in [0, 0.05) is 5.31 Å². The largest absolute Gasteiger partial charge is 0.464 e. The first-order chi connectivity index (χ1) is 6.68. The summed E-state index contributed by atoms with van der Waals surface area (Å²) in [5.41, 5.74) is -0.852. The van der Waals surface area contributed by atoms with Crippen molar-refractivity contribution < 1.29 is 14.4 Å². The minimum atomic E-state index is -0.371. The van der Waals surface area contributed by atoms with E-state index in [-0.39, 0.29) is 29.2 Å². The molecular weight excluding hydrogens is 191 g/mol. The number of hydrogen-bond acceptors (Lipinski definition) is 3. The summed E-state index contributed by atoms with van der Waals surface area (Å²) in [7, 11) is -0.114. The minimum absolute atomic E-state index is 0.114. The Labute approximate surface area is 91.3 Å². The van der Waals surface area contributed by atoms with Crippen molar-refractivity contribution in [3.8, 4) is 0 Å². The predicted octanol–water partition coefficient (Wildman–Crippen LogP) is 1.75. The maximum absolute atomic E-state index is 9.75. The third kappa shape index (κ3) is 1.08. The number of aliphatic hydroxyl groups is 1. The highest BCUT2D eigenvalue weighted by atomic mass is 16.7. The van der Waals surface area contributed by atoms with E-state index < -0.39 is 0 Å². The van der Waals surface area contributed by atoms with E-state index in [4.69, 9.17) is 9.31 Å². The van der Waals surface area contributed by atoms with Crippen LogP contribution in [0.1, 0.15) is 47.0 Å². The Bertz CT molecular complexity index is 288. The summed E-state index contributed by atoms with van der Waals surface area (Å²) in [6, 6.07) is 0. The van der Waals surface area contributed by atoms with E-state index in [1.807, 2.05) is 0 Å². The zero-order valence-electron chi connectivity index (χ0n) is 9.96. The molecule has 4 aliphatic rings. The van der Waals surface area contributed by atoms with Crippen LogP contribution in [0.3, 0.4) is 0 Å². The van der Waals surface area contributed by atoms with Crippen LogP contribution < -0.4 is 0 Å². The first-order valence-corrected chi connectivity index (χ1v) is 5.76. The molecule has 3 nitrogen and oxygen atoms in total. The van der Waals surface area contributed by atoms with E-state index in [0.29, 0.717) is 0 Å². The third-order valence-corrected chi connectivity index (χ3v) is 4.80. The van der Waals surface area contributed by atoms with Crippen molar-refractivity contribution in [3.05, 3.63) is 0 Å². The molecule has 1 saturated heterocycles. The maximum Gasteiger partial charge on any atom is 0.464 e. The Morgan fingerprint density at radius 1 is 0.933 bits per heavy atom. The van der Waals surface area contributed by atoms with Crippen LogP contribution in [-0.4, -0.2) is 29.0 Å². The molecule has 0 radical (unpaired) electrons. The number of hydrogen-bond donors (Lipinski definition) is 1. The molecule has 1 aliphatic heterocycles. The SMILES string of the molecule is CC1(C)OB(C23CC(O)(C2)C3)OC1(C)C. The fraction of sp³-hybridized carbons (Fsp3) is 1.00. The second-order valence-corrected chi connectivity index (χ2v) is 6.71. The Kier molecular flexibility index (Phi) is 1.55. The lowest BCUT2D eigenvalue weighted by Crippen LogP contribution is -2.68. The van der Waals surface area contributed by atoms with Gasteiger partial charge in [0.05, 0.1) is 16.8 Å². The molecule has 0 atom stereocenters. The van der Waals surface area contributed by atoms with Crippen molar-refractivity contribution in [1.82, 2.24) is 0 Å². The van der Waals surface area contributed by atoms with E-state index >= 15 is 0 Å². The Morgan fingerprint density at radius 3 is 1.67 bits per heavy atom. The Hall–Kier alpha value is -0.0551. The summed E-state index contributed by atoms with van der Waals surface area (Å²) >= 11 is 0. The Balaban J connectivity index is 1.77. The molecule has 1 heterocycles. The highest BCUT2D eigenvalue weighted by Gasteiger charge is 2.76. The second kappa shape index (κ2) is 2.29. The summed E-state index contributed by atoms with van der Waals surface area (Å²) < 4.78 is 12.0. The van der Waals surface area contributed by atoms with Crippen molar-refractivity contribution >= 4 is 7.12 Å². The molecule has 0 aromatic heterocycles. The third-order valence-electron chi connectivity index (χ3n) is 4.80. The van der Waals surface area contributed by atoms with Gasteiger partial charge in [0.1, 0.15) is 0 Å². The van der Waals surface area contributed by atoms with Gasteiger partial charge < -0.3 is 14.4 Å². The Morgan fingerprint density at radius 2 is 1.33 bits per heavy atom. The van der Waals surface area contributed by atoms with Gasteiger partial charge in [-0.2, -0.15) is 0 Å². The molecule has 4 fully saturated rings. The minimum Gasteiger partial charge on any atom is -0.403 e. The lowest BCUT2D eigenvalue weighted by molar-refractivity contribution is -0.189. The lowest BCUT2D eigenvalue weighted by atomic mass is 9.28. The van der Waals surface area contributed by atoms with Gasteiger partial charge in [-0.25, -0.2) is 0 Å². The zero-order valence-corrected chi connectivity index (χ0v) is 9.96. The van der Waals surface area contributed by atoms with Gasteiger partial charge in [-0.15, -0.1) is 0 Å². The van der Waals surface area contributed by atoms with Gasteiger partial charge in [-0.1, -0.05) is 0 Å². The molecule has 84 valence electrons. The zero-order chi connectivity index (χ0) is 11.1. The van der Waals surface area contributed by atoms with Crippen molar-refractivity contribution in [1.29, 1.82) is 0 Å². The van der Waals surface area contributed by atoms with Crippen LogP contribution in [0.5, 0.6) is 0 Å². The van der Waals surface area contributed by atoms with Crippen molar-refractivity contribution in [2.75, 3.05) is 0 Å². The van der Waals surface area contributed by atoms with E-state index in [1.54, 1.807) is 0 Å². The molecule has 0 spiro atoms. The molecular formula is C11H19BO3. The fourth-order valence-electron chi connectivity index (χ4n) is 3.15. The summed E-state index contributed by atoms with van der Waals surface area (Å²) in [5, 5.41) is 9.88. The monoisotopic (exact) mass is 210 g/mol. The number of rotatable bonds is 1. The van der Waals surface area contributed by atoms with Crippen LogP contribution in [0.4, 0.5) is 0 Å². The molecule has 0 amide bonds. The van der Waals surface area contributed by atoms with Gasteiger partial charge in [-0.05, 0) is 47.0 Å². The van der Waals surface area contributed by atoms with Crippen LogP contribution in [0.15, 0.2) is 0 Å².